The second-order valence-corrected chi connectivity index (χ2v) is 13.7. The third-order valence-electron chi connectivity index (χ3n) is 8.77. The van der Waals surface area contributed by atoms with E-state index in [2.05, 4.69) is 9.97 Å². The van der Waals surface area contributed by atoms with Gasteiger partial charge in [0.05, 0.1) is 23.3 Å². The van der Waals surface area contributed by atoms with Crippen molar-refractivity contribution in [1.82, 2.24) is 9.97 Å². The highest BCUT2D eigenvalue weighted by molar-refractivity contribution is 7.26. The fraction of sp³-hybridized carbons (Fsp3) is 0. The number of benzene rings is 7. The molecule has 0 aliphatic heterocycles. The van der Waals surface area contributed by atoms with Crippen molar-refractivity contribution < 1.29 is 27.7 Å². The molecule has 0 unspecified atom stereocenters. The minimum atomic E-state index is -0.556. The van der Waals surface area contributed by atoms with Crippen LogP contribution in [0.15, 0.2) is 162 Å². The summed E-state index contributed by atoms with van der Waals surface area (Å²) < 4.78 is 155. The normalized spacial score (nSPS) is 16.6. The van der Waals surface area contributed by atoms with E-state index in [1.54, 1.807) is 42.5 Å². The van der Waals surface area contributed by atoms with Crippen LogP contribution in [-0.4, -0.2) is 9.97 Å². The topological polar surface area (TPSA) is 38.9 Å². The van der Waals surface area contributed by atoms with Gasteiger partial charge in [-0.15, -0.1) is 22.7 Å². The highest BCUT2D eigenvalue weighted by Crippen LogP contribution is 2.43. The summed E-state index contributed by atoms with van der Waals surface area (Å²) >= 11 is 1.92. The Morgan fingerprint density at radius 2 is 1.18 bits per heavy atom. The lowest BCUT2D eigenvalue weighted by atomic mass is 9.97. The monoisotopic (exact) mass is 703 g/mol. The molecule has 0 bridgehead atoms. The van der Waals surface area contributed by atoms with Gasteiger partial charge >= 0.3 is 0 Å². The van der Waals surface area contributed by atoms with Crippen LogP contribution in [0.1, 0.15) is 23.3 Å². The molecule has 0 saturated heterocycles. The molecule has 0 radical (unpaired) electrons. The van der Waals surface area contributed by atoms with Crippen molar-refractivity contribution in [3.05, 3.63) is 158 Å². The van der Waals surface area contributed by atoms with Gasteiger partial charge in [-0.3, -0.25) is 0 Å². The van der Waals surface area contributed by atoms with Crippen molar-refractivity contribution in [2.75, 3.05) is 0 Å². The minimum Gasteiger partial charge on any atom is -0.452 e. The van der Waals surface area contributed by atoms with E-state index in [1.165, 1.54) is 12.4 Å². The number of aromatic nitrogens is 2. The smallest absolute Gasteiger partial charge is 0.180 e. The number of hydrogen-bond acceptors (Lipinski definition) is 5. The Hall–Kier alpha value is -6.14. The molecule has 0 aliphatic carbocycles. The summed E-state index contributed by atoms with van der Waals surface area (Å²) in [7, 11) is 0. The maximum atomic E-state index is 9.54. The molecule has 7 aromatic carbocycles. The largest absolute Gasteiger partial charge is 0.452 e. The molecule has 51 heavy (non-hydrogen) atoms. The highest BCUT2D eigenvalue weighted by atomic mass is 32.1. The zero-order chi connectivity index (χ0) is 48.3. The van der Waals surface area contributed by atoms with Gasteiger partial charge in [-0.2, -0.15) is 0 Å². The average Bonchev–Trinajstić information content (AvgIpc) is 4.03. The number of furan rings is 1. The van der Waals surface area contributed by atoms with Crippen LogP contribution in [0.5, 0.6) is 0 Å². The summed E-state index contributed by atoms with van der Waals surface area (Å²) in [5.74, 6) is 0. The van der Waals surface area contributed by atoms with Gasteiger partial charge in [0.2, 0.25) is 0 Å². The first kappa shape index (κ1) is 16.7. The molecule has 4 heterocycles. The fourth-order valence-corrected chi connectivity index (χ4v) is 8.62. The quantitative estimate of drug-likeness (QED) is 0.183. The number of thiophene rings is 2. The van der Waals surface area contributed by atoms with E-state index in [9.17, 15) is 1.37 Å². The van der Waals surface area contributed by atoms with Crippen LogP contribution in [0.4, 0.5) is 0 Å². The van der Waals surface area contributed by atoms with Crippen molar-refractivity contribution in [1.29, 1.82) is 0 Å². The third-order valence-corrected chi connectivity index (χ3v) is 11.0. The summed E-state index contributed by atoms with van der Waals surface area (Å²) in [4.78, 5) is 9.12. The summed E-state index contributed by atoms with van der Waals surface area (Å²) in [6.45, 7) is 0. The van der Waals surface area contributed by atoms with Gasteiger partial charge in [0.1, 0.15) is 23.1 Å². The minimum absolute atomic E-state index is 0.00764. The number of hydrogen-bond donors (Lipinski definition) is 0. The van der Waals surface area contributed by atoms with Gasteiger partial charge in [0.15, 0.2) is 5.58 Å². The van der Waals surface area contributed by atoms with Crippen LogP contribution in [0.25, 0.3) is 107 Å². The average molecular weight is 704 g/mol. The van der Waals surface area contributed by atoms with E-state index >= 15 is 0 Å². The standard InChI is InChI=1S/C46H26N2OS2/c1-3-19-40-34(13-1)36-17-7-15-32(45(36)50-40)29-10-5-9-27(23-29)28-21-22-39-38(25-28)43-44(49-39)42(47-26-48-43)31-12-6-11-30(24-31)33-16-8-18-37-35-14-2-4-20-41(35)51-46(33)37/h1-26H/i1D,2D,3D,4D,7D,8D,9D,10D,13D,14D,15D,16D,17D,18D,19D,20D,23D. The Bertz CT molecular complexity index is 4140. The van der Waals surface area contributed by atoms with Gasteiger partial charge in [-0.1, -0.05) is 115 Å². The highest BCUT2D eigenvalue weighted by Gasteiger charge is 2.18. The van der Waals surface area contributed by atoms with Gasteiger partial charge in [0, 0.05) is 51.3 Å². The SMILES string of the molecule is [2H]c1cc([2H])c(-c2c([2H])c([2H])c([2H])c3c2sc2c([2H])c([2H])c([2H])c([2H])c23)c([2H])c1-c1ccc2oc3c(-c4cccc(-c5c([2H])c([2H])c([2H])c6c5sc5c([2H])c([2H])c([2H])c([2H])c56)c4)ncnc3c2c1. The van der Waals surface area contributed by atoms with Crippen LogP contribution in [0, 0.1) is 0 Å². The van der Waals surface area contributed by atoms with Gasteiger partial charge in [-0.05, 0) is 69.7 Å². The lowest BCUT2D eigenvalue weighted by Gasteiger charge is -2.08. The first-order valence-electron chi connectivity index (χ1n) is 24.1. The molecule has 0 amide bonds. The Kier molecular flexibility index (Phi) is 3.67. The predicted octanol–water partition coefficient (Wildman–Crippen LogP) is 13.8. The number of fused-ring (bicyclic) bond motifs is 9. The van der Waals surface area contributed by atoms with Crippen molar-refractivity contribution in [2.24, 2.45) is 0 Å². The molecule has 11 rings (SSSR count). The second kappa shape index (κ2) is 11.2. The molecule has 238 valence electrons. The second-order valence-electron chi connectivity index (χ2n) is 11.6. The van der Waals surface area contributed by atoms with Gasteiger partial charge in [0.25, 0.3) is 0 Å². The molecular weight excluding hydrogens is 661 g/mol. The van der Waals surface area contributed by atoms with Crippen molar-refractivity contribution in [3.63, 3.8) is 0 Å². The molecule has 0 fully saturated rings. The summed E-state index contributed by atoms with van der Waals surface area (Å²) in [6.07, 6.45) is 1.34. The van der Waals surface area contributed by atoms with Crippen LogP contribution in [0.2, 0.25) is 0 Å². The van der Waals surface area contributed by atoms with E-state index in [4.69, 9.17) is 26.3 Å². The van der Waals surface area contributed by atoms with Crippen molar-refractivity contribution in [2.45, 2.75) is 0 Å². The van der Waals surface area contributed by atoms with Crippen molar-refractivity contribution >= 4 is 85.1 Å². The van der Waals surface area contributed by atoms with E-state index in [0.717, 1.165) is 22.7 Å². The van der Waals surface area contributed by atoms with Crippen molar-refractivity contribution in [3.8, 4) is 44.6 Å². The molecule has 11 aromatic rings. The molecule has 0 aliphatic rings. The zero-order valence-corrected chi connectivity index (χ0v) is 27.4. The number of rotatable bonds is 4. The van der Waals surface area contributed by atoms with E-state index in [1.807, 2.05) is 0 Å². The molecule has 0 spiro atoms. The first-order chi connectivity index (χ1) is 32.3. The van der Waals surface area contributed by atoms with Gasteiger partial charge in [-0.25, -0.2) is 9.97 Å². The Morgan fingerprint density at radius 1 is 0.510 bits per heavy atom. The Balaban J connectivity index is 1.08. The van der Waals surface area contributed by atoms with Crippen LogP contribution >= 0.6 is 22.7 Å². The maximum Gasteiger partial charge on any atom is 0.180 e. The lowest BCUT2D eigenvalue weighted by molar-refractivity contribution is 0.667. The van der Waals surface area contributed by atoms with E-state index < -0.39 is 54.4 Å². The summed E-state index contributed by atoms with van der Waals surface area (Å²) in [6, 6.07) is 6.50. The molecule has 0 saturated carbocycles. The molecule has 0 N–H and O–H groups in total. The molecular formula is C46H26N2OS2. The third kappa shape index (κ3) is 4.49. The Labute approximate surface area is 324 Å². The van der Waals surface area contributed by atoms with E-state index in [0.29, 0.717) is 43.6 Å². The maximum absolute atomic E-state index is 9.54. The van der Waals surface area contributed by atoms with Crippen LogP contribution < -0.4 is 0 Å². The summed E-state index contributed by atoms with van der Waals surface area (Å²) in [5, 5.41) is 0.766. The fourth-order valence-electron chi connectivity index (χ4n) is 6.46. The molecule has 5 heteroatoms. The lowest BCUT2D eigenvalue weighted by Crippen LogP contribution is -1.88. The Morgan fingerprint density at radius 3 is 1.94 bits per heavy atom. The van der Waals surface area contributed by atoms with Crippen LogP contribution in [0.3, 0.4) is 0 Å². The molecule has 0 atom stereocenters. The van der Waals surface area contributed by atoms with Gasteiger partial charge < -0.3 is 4.42 Å². The first-order valence-corrected chi connectivity index (χ1v) is 17.2. The van der Waals surface area contributed by atoms with Crippen LogP contribution in [-0.2, 0) is 0 Å². The molecule has 3 nitrogen and oxygen atoms in total. The zero-order valence-electron chi connectivity index (χ0n) is 42.8. The molecule has 4 aromatic heterocycles. The number of nitrogens with zero attached hydrogens (tertiary/aromatic N) is 2. The summed E-state index contributed by atoms with van der Waals surface area (Å²) in [5.41, 5.74) is 2.80. The van der Waals surface area contributed by atoms with E-state index in [-0.39, 0.29) is 112 Å². The predicted molar refractivity (Wildman–Crippen MR) is 217 cm³/mol.